The maximum absolute atomic E-state index is 12.6. The number of hydrogen-bond donors (Lipinski definition) is 2. The van der Waals surface area contributed by atoms with E-state index >= 15 is 0 Å². The lowest BCUT2D eigenvalue weighted by Gasteiger charge is -2.48. The largest absolute Gasteiger partial charge is 0.477 e. The molecule has 3 aliphatic heterocycles. The minimum atomic E-state index is -1.35. The van der Waals surface area contributed by atoms with Crippen molar-refractivity contribution in [2.24, 2.45) is 5.41 Å². The van der Waals surface area contributed by atoms with Gasteiger partial charge in [-0.2, -0.15) is 0 Å². The molecule has 154 valence electrons. The molecule has 3 heterocycles. The number of aldehydes is 1. The number of benzene rings is 1. The van der Waals surface area contributed by atoms with Crippen molar-refractivity contribution in [3.05, 3.63) is 41.1 Å². The monoisotopic (exact) mass is 417 g/mol. The van der Waals surface area contributed by atoms with Crippen LogP contribution in [-0.2, 0) is 20.9 Å². The average molecular weight is 418 g/mol. The van der Waals surface area contributed by atoms with Gasteiger partial charge in [-0.3, -0.25) is 9.69 Å². The average Bonchev–Trinajstić information content (AvgIpc) is 3.29. The minimum absolute atomic E-state index is 0.000876. The van der Waals surface area contributed by atoms with E-state index in [1.807, 2.05) is 24.3 Å². The molecule has 0 spiro atoms. The standard InChI is InChI=1S/C21H24N2O5S/c1-23(9-2-3-10-23)12-14-4-6-15(7-5-14)17-16(18(26)27)22-19(28)21(13-25,8-11-24)20(22)29-17/h4-7,13,20,24H,2-3,8-12H2,1H3/p+1/t20-,21+/m1/s1. The SMILES string of the molecule is C[N+]1(Cc2ccc(C3=C(C(=O)O)N4C(=O)[C@@](C=O)(CCO)[C@H]4S3)cc2)CCCC1. The topological polar surface area (TPSA) is 94.9 Å². The van der Waals surface area contributed by atoms with Gasteiger partial charge in [0.15, 0.2) is 0 Å². The molecule has 1 aromatic rings. The summed E-state index contributed by atoms with van der Waals surface area (Å²) in [6.45, 7) is 2.97. The molecule has 0 aliphatic carbocycles. The van der Waals surface area contributed by atoms with Crippen LogP contribution < -0.4 is 0 Å². The second-order valence-corrected chi connectivity index (χ2v) is 9.48. The summed E-state index contributed by atoms with van der Waals surface area (Å²) >= 11 is 1.22. The summed E-state index contributed by atoms with van der Waals surface area (Å²) in [6, 6.07) is 7.83. The van der Waals surface area contributed by atoms with Gasteiger partial charge in [-0.1, -0.05) is 36.0 Å². The number of likely N-dealkylation sites (tertiary alicyclic amines) is 1. The first-order valence-electron chi connectivity index (χ1n) is 9.83. The number of carbonyl (C=O) groups is 3. The molecule has 0 bridgehead atoms. The molecule has 0 radical (unpaired) electrons. The molecule has 3 aliphatic rings. The summed E-state index contributed by atoms with van der Waals surface area (Å²) in [4.78, 5) is 37.9. The van der Waals surface area contributed by atoms with E-state index in [1.165, 1.54) is 48.2 Å². The van der Waals surface area contributed by atoms with E-state index < -0.39 is 22.7 Å². The maximum Gasteiger partial charge on any atom is 0.353 e. The number of rotatable bonds is 7. The Hall–Kier alpha value is -2.16. The highest BCUT2D eigenvalue weighted by molar-refractivity contribution is 8.09. The Labute approximate surface area is 173 Å². The van der Waals surface area contributed by atoms with Crippen molar-refractivity contribution < 1.29 is 29.1 Å². The Balaban J connectivity index is 1.62. The number of carbonyl (C=O) groups excluding carboxylic acids is 2. The Bertz CT molecular complexity index is 891. The zero-order valence-corrected chi connectivity index (χ0v) is 17.2. The molecule has 29 heavy (non-hydrogen) atoms. The number of amides is 1. The van der Waals surface area contributed by atoms with Crippen LogP contribution in [0.25, 0.3) is 4.91 Å². The van der Waals surface area contributed by atoms with Gasteiger partial charge in [0.1, 0.15) is 29.3 Å². The molecule has 2 atom stereocenters. The predicted octanol–water partition coefficient (Wildman–Crippen LogP) is 1.66. The Morgan fingerprint density at radius 3 is 2.52 bits per heavy atom. The predicted molar refractivity (Wildman–Crippen MR) is 108 cm³/mol. The molecule has 4 rings (SSSR count). The lowest BCUT2D eigenvalue weighted by Crippen LogP contribution is -2.66. The lowest BCUT2D eigenvalue weighted by atomic mass is 9.76. The fourth-order valence-corrected chi connectivity index (χ4v) is 6.29. The van der Waals surface area contributed by atoms with Gasteiger partial charge in [0, 0.05) is 29.9 Å². The van der Waals surface area contributed by atoms with Crippen LogP contribution in [-0.4, -0.2) is 69.9 Å². The molecular weight excluding hydrogens is 392 g/mol. The molecule has 1 aromatic carbocycles. The number of aliphatic hydroxyl groups is 1. The van der Waals surface area contributed by atoms with Crippen molar-refractivity contribution in [1.82, 2.24) is 4.90 Å². The third-order valence-electron chi connectivity index (χ3n) is 6.34. The molecule has 7 nitrogen and oxygen atoms in total. The molecule has 2 N–H and O–H groups in total. The van der Waals surface area contributed by atoms with Crippen molar-refractivity contribution >= 4 is 34.8 Å². The van der Waals surface area contributed by atoms with Crippen LogP contribution in [0, 0.1) is 5.41 Å². The van der Waals surface area contributed by atoms with Crippen LogP contribution >= 0.6 is 11.8 Å². The van der Waals surface area contributed by atoms with Gasteiger partial charge in [-0.15, -0.1) is 0 Å². The van der Waals surface area contributed by atoms with E-state index in [-0.39, 0.29) is 18.7 Å². The van der Waals surface area contributed by atoms with Crippen LogP contribution in [0.15, 0.2) is 30.0 Å². The number of hydrogen-bond acceptors (Lipinski definition) is 5. The minimum Gasteiger partial charge on any atom is -0.477 e. The summed E-state index contributed by atoms with van der Waals surface area (Å²) < 4.78 is 1.02. The number of β-lactam (4-membered cyclic amide) rings is 1. The highest BCUT2D eigenvalue weighted by atomic mass is 32.2. The lowest BCUT2D eigenvalue weighted by molar-refractivity contribution is -0.910. The fraction of sp³-hybridized carbons (Fsp3) is 0.476. The van der Waals surface area contributed by atoms with Crippen LogP contribution in [0.2, 0.25) is 0 Å². The summed E-state index contributed by atoms with van der Waals surface area (Å²) in [5.41, 5.74) is 0.495. The first kappa shape index (κ1) is 20.1. The number of carboxylic acid groups (broad SMARTS) is 1. The van der Waals surface area contributed by atoms with Gasteiger partial charge in [0.25, 0.3) is 0 Å². The van der Waals surface area contributed by atoms with Crippen molar-refractivity contribution in [1.29, 1.82) is 0 Å². The first-order chi connectivity index (χ1) is 13.8. The number of quaternary nitrogens is 1. The summed E-state index contributed by atoms with van der Waals surface area (Å²) in [6.07, 6.45) is 3.06. The highest BCUT2D eigenvalue weighted by Crippen LogP contribution is 2.58. The molecule has 0 saturated carbocycles. The smallest absolute Gasteiger partial charge is 0.353 e. The highest BCUT2D eigenvalue weighted by Gasteiger charge is 2.66. The zero-order chi connectivity index (χ0) is 20.8. The molecule has 2 fully saturated rings. The molecule has 2 saturated heterocycles. The van der Waals surface area contributed by atoms with Crippen molar-refractivity contribution in [2.45, 2.75) is 31.2 Å². The van der Waals surface area contributed by atoms with E-state index in [4.69, 9.17) is 0 Å². The van der Waals surface area contributed by atoms with Crippen molar-refractivity contribution in [3.63, 3.8) is 0 Å². The molecule has 1 amide bonds. The number of carboxylic acids is 1. The quantitative estimate of drug-likeness (QED) is 0.303. The molecule has 0 unspecified atom stereocenters. The third-order valence-corrected chi connectivity index (χ3v) is 7.86. The van der Waals surface area contributed by atoms with Crippen LogP contribution in [0.3, 0.4) is 0 Å². The number of nitrogens with zero attached hydrogens (tertiary/aromatic N) is 2. The summed E-state index contributed by atoms with van der Waals surface area (Å²) in [5, 5.41) is 18.4. The molecule has 8 heteroatoms. The van der Waals surface area contributed by atoms with Crippen molar-refractivity contribution in [3.8, 4) is 0 Å². The van der Waals surface area contributed by atoms with Gasteiger partial charge >= 0.3 is 5.97 Å². The second-order valence-electron chi connectivity index (χ2n) is 8.39. The van der Waals surface area contributed by atoms with Crippen LogP contribution in [0.4, 0.5) is 0 Å². The van der Waals surface area contributed by atoms with Gasteiger partial charge < -0.3 is 19.5 Å². The van der Waals surface area contributed by atoms with E-state index in [1.54, 1.807) is 0 Å². The van der Waals surface area contributed by atoms with E-state index in [0.29, 0.717) is 11.2 Å². The van der Waals surface area contributed by atoms with E-state index in [0.717, 1.165) is 16.6 Å². The van der Waals surface area contributed by atoms with Crippen LogP contribution in [0.1, 0.15) is 30.4 Å². The van der Waals surface area contributed by atoms with Crippen LogP contribution in [0.5, 0.6) is 0 Å². The molecular formula is C21H25N2O5S+. The zero-order valence-electron chi connectivity index (χ0n) is 16.3. The Morgan fingerprint density at radius 2 is 1.97 bits per heavy atom. The van der Waals surface area contributed by atoms with Gasteiger partial charge in [0.2, 0.25) is 5.91 Å². The van der Waals surface area contributed by atoms with E-state index in [2.05, 4.69) is 7.05 Å². The number of fused-ring (bicyclic) bond motifs is 1. The first-order valence-corrected chi connectivity index (χ1v) is 10.7. The summed E-state index contributed by atoms with van der Waals surface area (Å²) in [5.74, 6) is -1.74. The van der Waals surface area contributed by atoms with Gasteiger partial charge in [0.05, 0.1) is 20.1 Å². The fourth-order valence-electron chi connectivity index (χ4n) is 4.70. The van der Waals surface area contributed by atoms with E-state index in [9.17, 15) is 24.6 Å². The normalized spacial score (nSPS) is 27.7. The number of aliphatic carboxylic acids is 1. The Morgan fingerprint density at radius 1 is 1.31 bits per heavy atom. The third kappa shape index (κ3) is 3.10. The number of aliphatic hydroxyl groups excluding tert-OH is 1. The number of thioether (sulfide) groups is 1. The second kappa shape index (κ2) is 7.27. The van der Waals surface area contributed by atoms with Crippen molar-refractivity contribution in [2.75, 3.05) is 26.7 Å². The Kier molecular flexibility index (Phi) is 5.04. The van der Waals surface area contributed by atoms with Gasteiger partial charge in [-0.25, -0.2) is 4.79 Å². The summed E-state index contributed by atoms with van der Waals surface area (Å²) in [7, 11) is 2.26. The van der Waals surface area contributed by atoms with Gasteiger partial charge in [-0.05, 0) is 12.0 Å². The maximum atomic E-state index is 12.6. The molecule has 0 aromatic heterocycles.